The summed E-state index contributed by atoms with van der Waals surface area (Å²) in [5.41, 5.74) is 11.9. The standard InChI is InChI=1S/C8H11N3O2/c9-4-3-6-1-2-8(11(12)13)7(10)5-6/h1-2,5H,3-4,9-10H2. The number of anilines is 1. The third kappa shape index (κ3) is 2.16. The van der Waals surface area contributed by atoms with E-state index < -0.39 is 4.92 Å². The molecule has 13 heavy (non-hydrogen) atoms. The van der Waals surface area contributed by atoms with Gasteiger partial charge in [0.15, 0.2) is 0 Å². The zero-order valence-electron chi connectivity index (χ0n) is 7.06. The molecule has 0 bridgehead atoms. The number of benzene rings is 1. The lowest BCUT2D eigenvalue weighted by atomic mass is 10.1. The first kappa shape index (κ1) is 9.47. The molecule has 1 aromatic rings. The molecule has 0 spiro atoms. The van der Waals surface area contributed by atoms with Crippen LogP contribution < -0.4 is 11.5 Å². The second-order valence-corrected chi connectivity index (χ2v) is 2.69. The third-order valence-corrected chi connectivity index (χ3v) is 1.72. The lowest BCUT2D eigenvalue weighted by Gasteiger charge is -2.00. The minimum Gasteiger partial charge on any atom is -0.393 e. The van der Waals surface area contributed by atoms with Crippen LogP contribution in [0.25, 0.3) is 0 Å². The van der Waals surface area contributed by atoms with E-state index in [0.29, 0.717) is 13.0 Å². The Morgan fingerprint density at radius 2 is 2.15 bits per heavy atom. The van der Waals surface area contributed by atoms with Crippen LogP contribution >= 0.6 is 0 Å². The predicted octanol–water partition coefficient (Wildman–Crippen LogP) is 0.678. The van der Waals surface area contributed by atoms with Crippen LogP contribution in [-0.4, -0.2) is 11.5 Å². The van der Waals surface area contributed by atoms with E-state index in [-0.39, 0.29) is 11.4 Å². The van der Waals surface area contributed by atoms with Gasteiger partial charge >= 0.3 is 0 Å². The molecule has 70 valence electrons. The number of nitrogen functional groups attached to an aromatic ring is 1. The van der Waals surface area contributed by atoms with Gasteiger partial charge in [-0.25, -0.2) is 0 Å². The maximum Gasteiger partial charge on any atom is 0.292 e. The summed E-state index contributed by atoms with van der Waals surface area (Å²) < 4.78 is 0. The Balaban J connectivity index is 2.98. The fourth-order valence-corrected chi connectivity index (χ4v) is 1.09. The Morgan fingerprint density at radius 3 is 2.62 bits per heavy atom. The van der Waals surface area contributed by atoms with Crippen molar-refractivity contribution in [3.8, 4) is 0 Å². The highest BCUT2D eigenvalue weighted by atomic mass is 16.6. The van der Waals surface area contributed by atoms with E-state index >= 15 is 0 Å². The summed E-state index contributed by atoms with van der Waals surface area (Å²) in [6.07, 6.45) is 0.683. The first-order chi connectivity index (χ1) is 6.15. The Morgan fingerprint density at radius 1 is 1.46 bits per heavy atom. The van der Waals surface area contributed by atoms with Crippen LogP contribution in [0.5, 0.6) is 0 Å². The van der Waals surface area contributed by atoms with E-state index in [9.17, 15) is 10.1 Å². The molecule has 0 saturated heterocycles. The number of hydrogen-bond donors (Lipinski definition) is 2. The van der Waals surface area contributed by atoms with Crippen LogP contribution in [0.3, 0.4) is 0 Å². The largest absolute Gasteiger partial charge is 0.393 e. The normalized spacial score (nSPS) is 9.92. The molecule has 0 saturated carbocycles. The van der Waals surface area contributed by atoms with Crippen molar-refractivity contribution in [3.05, 3.63) is 33.9 Å². The summed E-state index contributed by atoms with van der Waals surface area (Å²) >= 11 is 0. The molecule has 0 radical (unpaired) electrons. The molecule has 1 aromatic carbocycles. The van der Waals surface area contributed by atoms with Crippen LogP contribution in [0.15, 0.2) is 18.2 Å². The number of nitrogens with zero attached hydrogens (tertiary/aromatic N) is 1. The molecule has 0 aromatic heterocycles. The second kappa shape index (κ2) is 3.86. The third-order valence-electron chi connectivity index (χ3n) is 1.72. The van der Waals surface area contributed by atoms with Gasteiger partial charge in [-0.3, -0.25) is 10.1 Å². The van der Waals surface area contributed by atoms with E-state index in [2.05, 4.69) is 0 Å². The molecule has 0 fully saturated rings. The molecule has 5 nitrogen and oxygen atoms in total. The molecule has 0 heterocycles. The van der Waals surface area contributed by atoms with Crippen molar-refractivity contribution in [3.63, 3.8) is 0 Å². The van der Waals surface area contributed by atoms with Gasteiger partial charge in [0.05, 0.1) is 4.92 Å². The van der Waals surface area contributed by atoms with E-state index in [1.54, 1.807) is 12.1 Å². The van der Waals surface area contributed by atoms with Gasteiger partial charge < -0.3 is 11.5 Å². The molecule has 0 aliphatic carbocycles. The highest BCUT2D eigenvalue weighted by molar-refractivity contribution is 5.59. The molecule has 0 atom stereocenters. The van der Waals surface area contributed by atoms with E-state index in [0.717, 1.165) is 5.56 Å². The Kier molecular flexibility index (Phi) is 2.81. The topological polar surface area (TPSA) is 95.2 Å². The van der Waals surface area contributed by atoms with Gasteiger partial charge in [0.2, 0.25) is 0 Å². The fraction of sp³-hybridized carbons (Fsp3) is 0.250. The van der Waals surface area contributed by atoms with Crippen LogP contribution in [0.2, 0.25) is 0 Å². The first-order valence-corrected chi connectivity index (χ1v) is 3.88. The van der Waals surface area contributed by atoms with Crippen molar-refractivity contribution < 1.29 is 4.92 Å². The van der Waals surface area contributed by atoms with E-state index in [1.165, 1.54) is 6.07 Å². The summed E-state index contributed by atoms with van der Waals surface area (Å²) in [6, 6.07) is 4.66. The lowest BCUT2D eigenvalue weighted by molar-refractivity contribution is -0.383. The summed E-state index contributed by atoms with van der Waals surface area (Å²) in [4.78, 5) is 9.89. The van der Waals surface area contributed by atoms with Crippen molar-refractivity contribution in [2.75, 3.05) is 12.3 Å². The SMILES string of the molecule is NCCc1ccc([N+](=O)[O-])c(N)c1. The molecular formula is C8H11N3O2. The maximum absolute atomic E-state index is 10.4. The maximum atomic E-state index is 10.4. The lowest BCUT2D eigenvalue weighted by Crippen LogP contribution is -2.04. The zero-order chi connectivity index (χ0) is 9.84. The molecular weight excluding hydrogens is 170 g/mol. The predicted molar refractivity (Wildman–Crippen MR) is 50.3 cm³/mol. The molecule has 0 unspecified atom stereocenters. The number of hydrogen-bond acceptors (Lipinski definition) is 4. The molecule has 4 N–H and O–H groups in total. The quantitative estimate of drug-likeness (QED) is 0.407. The van der Waals surface area contributed by atoms with Gasteiger partial charge in [-0.05, 0) is 24.6 Å². The number of nitrogens with two attached hydrogens (primary N) is 2. The van der Waals surface area contributed by atoms with E-state index in [4.69, 9.17) is 11.5 Å². The van der Waals surface area contributed by atoms with Gasteiger partial charge in [-0.2, -0.15) is 0 Å². The highest BCUT2D eigenvalue weighted by Gasteiger charge is 2.10. The monoisotopic (exact) mass is 181 g/mol. The van der Waals surface area contributed by atoms with Crippen molar-refractivity contribution >= 4 is 11.4 Å². The minimum atomic E-state index is -0.498. The fourth-order valence-electron chi connectivity index (χ4n) is 1.09. The number of rotatable bonds is 3. The van der Waals surface area contributed by atoms with Gasteiger partial charge in [0, 0.05) is 6.07 Å². The zero-order valence-corrected chi connectivity index (χ0v) is 7.06. The van der Waals surface area contributed by atoms with Gasteiger partial charge in [-0.15, -0.1) is 0 Å². The average Bonchev–Trinajstić information content (AvgIpc) is 2.04. The van der Waals surface area contributed by atoms with Crippen molar-refractivity contribution in [2.45, 2.75) is 6.42 Å². The summed E-state index contributed by atoms with van der Waals surface area (Å²) in [6.45, 7) is 0.511. The Bertz CT molecular complexity index is 325. The van der Waals surface area contributed by atoms with Crippen molar-refractivity contribution in [1.29, 1.82) is 0 Å². The minimum absolute atomic E-state index is 0.0548. The van der Waals surface area contributed by atoms with Crippen molar-refractivity contribution in [1.82, 2.24) is 0 Å². The van der Waals surface area contributed by atoms with Crippen molar-refractivity contribution in [2.24, 2.45) is 5.73 Å². The average molecular weight is 181 g/mol. The molecule has 0 aliphatic rings. The molecule has 0 amide bonds. The summed E-state index contributed by atoms with van der Waals surface area (Å²) in [5.74, 6) is 0. The summed E-state index contributed by atoms with van der Waals surface area (Å²) in [5, 5.41) is 10.4. The van der Waals surface area contributed by atoms with Crippen LogP contribution in [0, 0.1) is 10.1 Å². The summed E-state index contributed by atoms with van der Waals surface area (Å²) in [7, 11) is 0. The van der Waals surface area contributed by atoms with Crippen LogP contribution in [0.4, 0.5) is 11.4 Å². The molecule has 5 heteroatoms. The second-order valence-electron chi connectivity index (χ2n) is 2.69. The highest BCUT2D eigenvalue weighted by Crippen LogP contribution is 2.21. The molecule has 1 rings (SSSR count). The van der Waals surface area contributed by atoms with Crippen LogP contribution in [0.1, 0.15) is 5.56 Å². The van der Waals surface area contributed by atoms with Gasteiger partial charge in [-0.1, -0.05) is 6.07 Å². The van der Waals surface area contributed by atoms with E-state index in [1.807, 2.05) is 0 Å². The smallest absolute Gasteiger partial charge is 0.292 e. The van der Waals surface area contributed by atoms with Gasteiger partial charge in [0.25, 0.3) is 5.69 Å². The Hall–Kier alpha value is -1.62. The number of nitro benzene ring substituents is 1. The van der Waals surface area contributed by atoms with Crippen LogP contribution in [-0.2, 0) is 6.42 Å². The van der Waals surface area contributed by atoms with Gasteiger partial charge in [0.1, 0.15) is 5.69 Å². The number of nitro groups is 1. The Labute approximate surface area is 75.5 Å². The first-order valence-electron chi connectivity index (χ1n) is 3.88. The molecule has 0 aliphatic heterocycles.